The minimum absolute atomic E-state index is 0. The van der Waals surface area contributed by atoms with Crippen LogP contribution in [0.4, 0.5) is 0 Å². The Morgan fingerprint density at radius 2 is 2.08 bits per heavy atom. The highest BCUT2D eigenvalue weighted by Crippen LogP contribution is 2.30. The average Bonchev–Trinajstić information content (AvgIpc) is 2.99. The van der Waals surface area contributed by atoms with Crippen LogP contribution in [-0.4, -0.2) is 38.0 Å². The van der Waals surface area contributed by atoms with Crippen LogP contribution >= 0.6 is 12.4 Å². The predicted molar refractivity (Wildman–Crippen MR) is 96.5 cm³/mol. The van der Waals surface area contributed by atoms with Crippen LogP contribution in [0.3, 0.4) is 0 Å². The number of halogens is 1. The number of nitrogens with one attached hydrogen (secondary N) is 2. The third-order valence-corrected chi connectivity index (χ3v) is 4.35. The molecular weight excluding hydrogens is 326 g/mol. The first-order chi connectivity index (χ1) is 10.8. The van der Waals surface area contributed by atoms with E-state index in [1.54, 1.807) is 6.20 Å². The van der Waals surface area contributed by atoms with Gasteiger partial charge in [0, 0.05) is 29.9 Å². The van der Waals surface area contributed by atoms with Gasteiger partial charge in [0.25, 0.3) is 0 Å². The summed E-state index contributed by atoms with van der Waals surface area (Å²) in [5.41, 5.74) is 3.93. The summed E-state index contributed by atoms with van der Waals surface area (Å²) in [6.45, 7) is 3.29. The molecule has 7 heteroatoms. The van der Waals surface area contributed by atoms with Gasteiger partial charge in [0.2, 0.25) is 0 Å². The maximum absolute atomic E-state index is 4.64. The number of hydrogen-bond acceptors (Lipinski definition) is 4. The summed E-state index contributed by atoms with van der Waals surface area (Å²) in [5, 5.41) is 3.48. The number of nitrogens with zero attached hydrogens (tertiary/aromatic N) is 3. The van der Waals surface area contributed by atoms with Gasteiger partial charge in [-0.05, 0) is 44.5 Å². The monoisotopic (exact) mass is 347 g/mol. The number of pyridine rings is 1. The largest absolute Gasteiger partial charge is 0.412 e. The van der Waals surface area contributed by atoms with E-state index in [1.165, 1.54) is 0 Å². The van der Waals surface area contributed by atoms with Crippen molar-refractivity contribution < 1.29 is 5.48 Å². The molecule has 3 aliphatic rings. The Labute approximate surface area is 147 Å². The topological polar surface area (TPSA) is 98.0 Å². The van der Waals surface area contributed by atoms with E-state index in [0.717, 1.165) is 47.9 Å². The summed E-state index contributed by atoms with van der Waals surface area (Å²) in [4.78, 5) is 16.9. The van der Waals surface area contributed by atoms with Crippen molar-refractivity contribution in [1.29, 1.82) is 0 Å². The van der Waals surface area contributed by atoms with E-state index in [4.69, 9.17) is 0 Å². The molecule has 0 radical (unpaired) electrons. The number of rotatable bonds is 2. The lowest BCUT2D eigenvalue weighted by Crippen LogP contribution is -2.35. The number of H-pyrrole nitrogens is 1. The normalized spacial score (nSPS) is 20.2. The van der Waals surface area contributed by atoms with Gasteiger partial charge in [-0.1, -0.05) is 0 Å². The van der Waals surface area contributed by atoms with Crippen LogP contribution in [0.2, 0.25) is 0 Å². The highest BCUT2D eigenvalue weighted by molar-refractivity contribution is 5.85. The maximum atomic E-state index is 4.64. The molecule has 3 aliphatic heterocycles. The van der Waals surface area contributed by atoms with Gasteiger partial charge in [-0.2, -0.15) is 0 Å². The van der Waals surface area contributed by atoms with Crippen LogP contribution in [0, 0.1) is 0 Å². The highest BCUT2D eigenvalue weighted by atomic mass is 35.5. The lowest BCUT2D eigenvalue weighted by Gasteiger charge is -2.27. The molecule has 0 aromatic carbocycles. The molecule has 2 atom stereocenters. The Bertz CT molecular complexity index is 748. The minimum atomic E-state index is 0. The summed E-state index contributed by atoms with van der Waals surface area (Å²) in [5.74, 6) is 1.57. The fourth-order valence-corrected chi connectivity index (χ4v) is 3.18. The van der Waals surface area contributed by atoms with E-state index in [9.17, 15) is 0 Å². The van der Waals surface area contributed by atoms with E-state index in [-0.39, 0.29) is 17.9 Å². The second kappa shape index (κ2) is 7.70. The molecule has 4 rings (SSSR count). The molecule has 1 fully saturated rings. The van der Waals surface area contributed by atoms with Gasteiger partial charge in [-0.15, -0.1) is 12.4 Å². The van der Waals surface area contributed by atoms with Crippen LogP contribution in [0.25, 0.3) is 22.6 Å². The molecule has 0 amide bonds. The van der Waals surface area contributed by atoms with Gasteiger partial charge in [-0.25, -0.2) is 9.97 Å². The van der Waals surface area contributed by atoms with Gasteiger partial charge < -0.3 is 15.8 Å². The molecule has 4 N–H and O–H groups in total. The Hall–Kier alpha value is -2.02. The summed E-state index contributed by atoms with van der Waals surface area (Å²) in [6.07, 6.45) is 7.75. The third kappa shape index (κ3) is 3.56. The van der Waals surface area contributed by atoms with Gasteiger partial charge >= 0.3 is 0 Å². The molecule has 0 spiro atoms. The number of hydrogen-bond donors (Lipinski definition) is 2. The van der Waals surface area contributed by atoms with Gasteiger partial charge in [0.15, 0.2) is 0 Å². The first-order valence-electron chi connectivity index (χ1n) is 7.79. The number of fused-ring (bicyclic) bond motifs is 1. The Balaban J connectivity index is 0.00000104. The molecule has 0 bridgehead atoms. The second-order valence-corrected chi connectivity index (χ2v) is 6.03. The van der Waals surface area contributed by atoms with Gasteiger partial charge in [0.1, 0.15) is 11.5 Å². The molecule has 0 saturated carbocycles. The summed E-state index contributed by atoms with van der Waals surface area (Å²) < 4.78 is 0. The van der Waals surface area contributed by atoms with Crippen molar-refractivity contribution in [3.8, 4) is 22.6 Å². The van der Waals surface area contributed by atoms with E-state index in [1.807, 2.05) is 24.5 Å². The SMILES string of the molecule is CC1CC(c2ncc3nc(-c4cccnc4)cc-3[nH]2)CCN1.Cl.O. The second-order valence-electron chi connectivity index (χ2n) is 6.03. The standard InChI is InChI=1S/C17H19N5.ClH.H2O/c1-11-7-12(4-6-19-11)17-20-10-16-15(22-17)8-14(21-16)13-3-2-5-18-9-13;;/h2-3,5,8-12,19H,4,6-7H2,1H3,(H,20,22);1H;1H2. The molecule has 1 saturated heterocycles. The van der Waals surface area contributed by atoms with Crippen molar-refractivity contribution in [2.24, 2.45) is 0 Å². The zero-order valence-electron chi connectivity index (χ0n) is 13.5. The third-order valence-electron chi connectivity index (χ3n) is 4.35. The van der Waals surface area contributed by atoms with E-state index >= 15 is 0 Å². The fraction of sp³-hybridized carbons (Fsp3) is 0.353. The lowest BCUT2D eigenvalue weighted by molar-refractivity contribution is 0.371. The van der Waals surface area contributed by atoms with Crippen LogP contribution in [0.5, 0.6) is 0 Å². The van der Waals surface area contributed by atoms with Crippen LogP contribution < -0.4 is 5.32 Å². The quantitative estimate of drug-likeness (QED) is 0.743. The lowest BCUT2D eigenvalue weighted by atomic mass is 9.92. The first kappa shape index (κ1) is 18.3. The van der Waals surface area contributed by atoms with Crippen molar-refractivity contribution in [3.63, 3.8) is 0 Å². The molecule has 4 heterocycles. The zero-order valence-corrected chi connectivity index (χ0v) is 14.3. The molecule has 1 aromatic heterocycles. The van der Waals surface area contributed by atoms with Crippen molar-refractivity contribution in [1.82, 2.24) is 25.3 Å². The van der Waals surface area contributed by atoms with Crippen LogP contribution in [0.15, 0.2) is 36.8 Å². The Morgan fingerprint density at radius 1 is 1.21 bits per heavy atom. The van der Waals surface area contributed by atoms with Gasteiger partial charge in [-0.3, -0.25) is 4.98 Å². The number of piperidine rings is 1. The summed E-state index contributed by atoms with van der Waals surface area (Å²) >= 11 is 0. The minimum Gasteiger partial charge on any atom is -0.412 e. The van der Waals surface area contributed by atoms with Crippen molar-refractivity contribution in [2.45, 2.75) is 31.7 Å². The predicted octanol–water partition coefficient (Wildman–Crippen LogP) is 2.42. The first-order valence-corrected chi connectivity index (χ1v) is 7.79. The van der Waals surface area contributed by atoms with E-state index in [2.05, 4.69) is 38.2 Å². The summed E-state index contributed by atoms with van der Waals surface area (Å²) in [7, 11) is 0. The van der Waals surface area contributed by atoms with E-state index < -0.39 is 0 Å². The van der Waals surface area contributed by atoms with Crippen molar-refractivity contribution in [2.75, 3.05) is 6.54 Å². The Morgan fingerprint density at radius 3 is 2.83 bits per heavy atom. The number of aromatic nitrogens is 4. The molecule has 0 aliphatic carbocycles. The molecular formula is C17H22ClN5O. The van der Waals surface area contributed by atoms with Crippen molar-refractivity contribution >= 4 is 12.4 Å². The van der Waals surface area contributed by atoms with Crippen LogP contribution in [-0.2, 0) is 0 Å². The molecule has 2 unspecified atom stereocenters. The van der Waals surface area contributed by atoms with Crippen LogP contribution in [0.1, 0.15) is 31.5 Å². The summed E-state index contributed by atoms with van der Waals surface area (Å²) in [6, 6.07) is 6.59. The van der Waals surface area contributed by atoms with Gasteiger partial charge in [0.05, 0.1) is 17.6 Å². The molecule has 24 heavy (non-hydrogen) atoms. The highest BCUT2D eigenvalue weighted by Gasteiger charge is 2.23. The molecule has 1 aromatic rings. The smallest absolute Gasteiger partial charge is 0.109 e. The van der Waals surface area contributed by atoms with E-state index in [0.29, 0.717) is 12.0 Å². The van der Waals surface area contributed by atoms with Crippen molar-refractivity contribution in [3.05, 3.63) is 42.6 Å². The molecule has 128 valence electrons. The fourth-order valence-electron chi connectivity index (χ4n) is 3.18. The maximum Gasteiger partial charge on any atom is 0.109 e. The average molecular weight is 348 g/mol. The molecule has 6 nitrogen and oxygen atoms in total. The zero-order chi connectivity index (χ0) is 14.9. The number of aromatic amines is 1. The Kier molecular flexibility index (Phi) is 5.88.